The highest BCUT2D eigenvalue weighted by atomic mass is 14.5. The number of benzene rings is 6. The van der Waals surface area contributed by atoms with E-state index in [4.69, 9.17) is 0 Å². The van der Waals surface area contributed by atoms with Gasteiger partial charge in [0, 0.05) is 8.27 Å². The summed E-state index contributed by atoms with van der Waals surface area (Å²) in [7, 11) is 0. The summed E-state index contributed by atoms with van der Waals surface area (Å²) in [5.41, 5.74) is 18.6. The molecule has 96 heavy (non-hydrogen) atoms. The van der Waals surface area contributed by atoms with Crippen molar-refractivity contribution < 1.29 is 2.85 Å². The summed E-state index contributed by atoms with van der Waals surface area (Å²) in [5.74, 6) is 5.85. The van der Waals surface area contributed by atoms with Crippen LogP contribution in [0.3, 0.4) is 0 Å². The van der Waals surface area contributed by atoms with Crippen molar-refractivity contribution in [2.75, 3.05) is 0 Å². The van der Waals surface area contributed by atoms with Crippen molar-refractivity contribution in [2.45, 2.75) is 339 Å². The first-order valence-corrected chi connectivity index (χ1v) is 36.5. The van der Waals surface area contributed by atoms with Crippen LogP contribution in [0.25, 0.3) is 0 Å². The second-order valence-corrected chi connectivity index (χ2v) is 32.1. The topological polar surface area (TPSA) is 0 Å². The van der Waals surface area contributed by atoms with Gasteiger partial charge in [-0.2, -0.15) is 0 Å². The van der Waals surface area contributed by atoms with Crippen LogP contribution in [0.4, 0.5) is 0 Å². The average molecular weight is 1320 g/mol. The van der Waals surface area contributed by atoms with Crippen LogP contribution in [0.2, 0.25) is 0 Å². The maximum Gasteiger partial charge on any atom is 0.0146 e. The minimum atomic E-state index is 0. The molecule has 3 aliphatic rings. The number of rotatable bonds is 12. The summed E-state index contributed by atoms with van der Waals surface area (Å²) in [4.78, 5) is 0. The molecule has 9 rings (SSSR count). The van der Waals surface area contributed by atoms with Crippen molar-refractivity contribution in [3.05, 3.63) is 212 Å². The van der Waals surface area contributed by atoms with Crippen molar-refractivity contribution in [1.82, 2.24) is 0 Å². The van der Waals surface area contributed by atoms with Gasteiger partial charge in [0.2, 0.25) is 0 Å². The normalized spacial score (nSPS) is 19.2. The molecule has 6 aromatic rings. The molecule has 3 aliphatic carbocycles. The molecule has 0 saturated heterocycles. The van der Waals surface area contributed by atoms with E-state index >= 15 is 0 Å². The van der Waals surface area contributed by atoms with E-state index in [-0.39, 0.29) is 52.8 Å². The van der Waals surface area contributed by atoms with Gasteiger partial charge in [-0.25, -0.2) is 0 Å². The third-order valence-electron chi connectivity index (χ3n) is 21.1. The molecule has 0 heterocycles. The van der Waals surface area contributed by atoms with Crippen molar-refractivity contribution in [2.24, 2.45) is 57.2 Å². The van der Waals surface area contributed by atoms with Crippen LogP contribution in [-0.4, -0.2) is 0 Å². The Balaban J connectivity index is -0.000000197. The average Bonchev–Trinajstić information content (AvgIpc) is 0.822. The van der Waals surface area contributed by atoms with E-state index < -0.39 is 0 Å². The lowest BCUT2D eigenvalue weighted by atomic mass is 9.59. The van der Waals surface area contributed by atoms with E-state index in [1.807, 2.05) is 32.0 Å². The molecule has 3 saturated carbocycles. The van der Waals surface area contributed by atoms with Crippen LogP contribution in [0.5, 0.6) is 0 Å². The summed E-state index contributed by atoms with van der Waals surface area (Å²) < 4.78 is 0. The highest BCUT2D eigenvalue weighted by Gasteiger charge is 2.40. The Morgan fingerprint density at radius 1 is 0.438 bits per heavy atom. The lowest BCUT2D eigenvalue weighted by molar-refractivity contribution is 0.0421. The lowest BCUT2D eigenvalue weighted by Gasteiger charge is -2.46. The van der Waals surface area contributed by atoms with E-state index in [1.165, 1.54) is 169 Å². The van der Waals surface area contributed by atoms with Gasteiger partial charge < -0.3 is 0 Å². The Morgan fingerprint density at radius 2 is 0.792 bits per heavy atom. The fourth-order valence-electron chi connectivity index (χ4n) is 14.6. The van der Waals surface area contributed by atoms with Crippen LogP contribution in [0, 0.1) is 113 Å². The van der Waals surface area contributed by atoms with Crippen LogP contribution in [0.15, 0.2) is 146 Å². The molecule has 3 unspecified atom stereocenters. The van der Waals surface area contributed by atoms with Crippen molar-refractivity contribution in [3.63, 3.8) is 0 Å². The minimum Gasteiger partial charge on any atom is -0.0776 e. The van der Waals surface area contributed by atoms with Crippen LogP contribution < -0.4 is 0 Å². The highest BCUT2D eigenvalue weighted by Crippen LogP contribution is 2.51. The van der Waals surface area contributed by atoms with Crippen LogP contribution >= 0.6 is 0 Å². The Hall–Kier alpha value is -4.68. The van der Waals surface area contributed by atoms with Crippen molar-refractivity contribution >= 4 is 0 Å². The fourth-order valence-corrected chi connectivity index (χ4v) is 14.6. The summed E-state index contributed by atoms with van der Waals surface area (Å²) in [6.45, 7) is 59.3. The van der Waals surface area contributed by atoms with Gasteiger partial charge in [0.25, 0.3) is 0 Å². The third-order valence-corrected chi connectivity index (χ3v) is 21.1. The molecule has 0 N–H and O–H groups in total. The minimum absolute atomic E-state index is 0. The van der Waals surface area contributed by atoms with Gasteiger partial charge in [-0.15, -0.1) is 0 Å². The van der Waals surface area contributed by atoms with Gasteiger partial charge >= 0.3 is 0 Å². The molecule has 0 aliphatic heterocycles. The largest absolute Gasteiger partial charge is 0.0776 e. The molecule has 0 nitrogen and oxygen atoms in total. The summed E-state index contributed by atoms with van der Waals surface area (Å²) in [5, 5.41) is 0. The van der Waals surface area contributed by atoms with E-state index in [1.54, 1.807) is 0 Å². The van der Waals surface area contributed by atoms with E-state index in [0.717, 1.165) is 41.9 Å². The first kappa shape index (κ1) is 100.0. The number of hydrogen-bond acceptors (Lipinski definition) is 0. The second-order valence-electron chi connectivity index (χ2n) is 32.1. The molecular formula is C96H170. The third kappa shape index (κ3) is 38.6. The van der Waals surface area contributed by atoms with Crippen molar-refractivity contribution in [3.8, 4) is 0 Å². The van der Waals surface area contributed by atoms with Gasteiger partial charge in [0.15, 0.2) is 0 Å². The molecule has 0 amide bonds. The zero-order chi connectivity index (χ0) is 67.9. The van der Waals surface area contributed by atoms with Gasteiger partial charge in [0.1, 0.15) is 0 Å². The maximum absolute atomic E-state index is 2.58. The monoisotopic (exact) mass is 1320 g/mol. The predicted octanol–water partition coefficient (Wildman–Crippen LogP) is 32.6. The Morgan fingerprint density at radius 3 is 1.09 bits per heavy atom. The summed E-state index contributed by atoms with van der Waals surface area (Å²) in [6.07, 6.45) is 24.0. The molecule has 3 atom stereocenters. The molecule has 554 valence electrons. The number of hydrogen-bond donors (Lipinski definition) is 0. The summed E-state index contributed by atoms with van der Waals surface area (Å²) in [6, 6.07) is 51.9. The van der Waals surface area contributed by atoms with Gasteiger partial charge in [0.05, 0.1) is 0 Å². The van der Waals surface area contributed by atoms with Gasteiger partial charge in [-0.05, 0) is 204 Å². The molecule has 0 aromatic heterocycles. The first-order valence-electron chi connectivity index (χ1n) is 36.5. The standard InChI is InChI=1S/C17H32.C17H20.C15H16.C12H24.C11H24.C9H12.C7H8.C2H6.6CH4.2H2/c2*1-13-5-9-15(10-6-13)17(3,4)16-11-7-14(2)8-12-16;1-12-3-7-14(8-4-12)11-15-9-5-13(2)6-10-15;1-6-12(5)8-10(2)7-11(3,4)9-12;1-6-8-10(3)9-11(4,5)7-2;1-7-4-5-8(2)9(3)6-7;1-7-5-3-2-4-6-7;1-2;;;;;;;;/h13-16H,5-12H2,1-4H3;5-12H,1-4H3;3-10H,11H2,1-2H3;10H,6-9H2,1-5H3;10H,6-9H2,1-5H3;4-6H,1-3H3;2-6H,1H3;1-2H3;6*1H4;2*1H. The molecule has 0 heteroatoms. The first-order chi connectivity index (χ1) is 42.2. The SMILES string of the molecule is C.C.C.C.C.C.CC.CC1CCC(C(C)(C)C2CCC(C)CC2)CC1.CCC1(C)CC(C)CC(C)(C)C1.CCCC(C)CC(C)(C)CC.Cc1ccc(C(C)(C)c2ccc(C)cc2)cc1.Cc1ccc(C)c(C)c1.Cc1ccc(Cc2ccc(C)cc2)cc1.Cc1ccccc1.[HH].[HH]. The molecule has 0 bridgehead atoms. The molecule has 0 spiro atoms. The Kier molecular flexibility index (Phi) is 51.8. The smallest absolute Gasteiger partial charge is 0.0146 e. The molecule has 0 radical (unpaired) electrons. The van der Waals surface area contributed by atoms with E-state index in [9.17, 15) is 0 Å². The van der Waals surface area contributed by atoms with Crippen molar-refractivity contribution in [1.29, 1.82) is 0 Å². The quantitative estimate of drug-likeness (QED) is 0.115. The summed E-state index contributed by atoms with van der Waals surface area (Å²) >= 11 is 0. The Labute approximate surface area is 608 Å². The number of aryl methyl sites for hydroxylation is 8. The molecular weight excluding hydrogens is 1150 g/mol. The molecule has 6 aromatic carbocycles. The maximum atomic E-state index is 2.58. The fraction of sp³-hybridized carbons (Fsp3) is 0.625. The van der Waals surface area contributed by atoms with Crippen LogP contribution in [-0.2, 0) is 11.8 Å². The Bertz CT molecular complexity index is 2660. The van der Waals surface area contributed by atoms with Crippen LogP contribution in [0.1, 0.15) is 342 Å². The zero-order valence-corrected chi connectivity index (χ0v) is 63.8. The predicted molar refractivity (Wildman–Crippen MR) is 451 cm³/mol. The molecule has 3 fully saturated rings. The van der Waals surface area contributed by atoms with Gasteiger partial charge in [-0.1, -0.05) is 400 Å². The second kappa shape index (κ2) is 49.8. The lowest BCUT2D eigenvalue weighted by Crippen LogP contribution is -2.36. The van der Waals surface area contributed by atoms with Gasteiger partial charge in [-0.3, -0.25) is 0 Å². The highest BCUT2D eigenvalue weighted by molar-refractivity contribution is 5.39. The van der Waals surface area contributed by atoms with E-state index in [2.05, 4.69) is 294 Å². The van der Waals surface area contributed by atoms with E-state index in [0.29, 0.717) is 21.7 Å². The zero-order valence-electron chi connectivity index (χ0n) is 63.8.